The first-order valence-electron chi connectivity index (χ1n) is 6.93. The minimum atomic E-state index is -0.134. The van der Waals surface area contributed by atoms with Crippen LogP contribution in [0.3, 0.4) is 0 Å². The van der Waals surface area contributed by atoms with Crippen LogP contribution in [0.2, 0.25) is 0 Å². The fourth-order valence-electron chi connectivity index (χ4n) is 2.08. The molecular formula is C16H15N5OS. The summed E-state index contributed by atoms with van der Waals surface area (Å²) >= 11 is 1.36. The summed E-state index contributed by atoms with van der Waals surface area (Å²) in [4.78, 5) is 21.7. The van der Waals surface area contributed by atoms with E-state index < -0.39 is 0 Å². The molecular weight excluding hydrogens is 310 g/mol. The molecule has 0 saturated carbocycles. The molecule has 116 valence electrons. The number of nitrogen functional groups attached to an aromatic ring is 2. The monoisotopic (exact) mass is 325 g/mol. The van der Waals surface area contributed by atoms with E-state index in [1.165, 1.54) is 11.3 Å². The van der Waals surface area contributed by atoms with Crippen molar-refractivity contribution >= 4 is 28.9 Å². The van der Waals surface area contributed by atoms with Crippen LogP contribution in [0.1, 0.15) is 15.2 Å². The molecule has 5 N–H and O–H groups in total. The van der Waals surface area contributed by atoms with Crippen molar-refractivity contribution in [1.82, 2.24) is 15.3 Å². The van der Waals surface area contributed by atoms with Crippen molar-refractivity contribution in [2.45, 2.75) is 6.54 Å². The Balaban J connectivity index is 1.69. The molecule has 3 aromatic rings. The van der Waals surface area contributed by atoms with Gasteiger partial charge in [-0.15, -0.1) is 11.3 Å². The summed E-state index contributed by atoms with van der Waals surface area (Å²) in [6.45, 7) is 0.428. The largest absolute Gasteiger partial charge is 0.399 e. The van der Waals surface area contributed by atoms with Gasteiger partial charge in [-0.05, 0) is 35.9 Å². The molecule has 1 amide bonds. The summed E-state index contributed by atoms with van der Waals surface area (Å²) in [5.74, 6) is 0.0780. The van der Waals surface area contributed by atoms with Crippen LogP contribution in [-0.2, 0) is 6.54 Å². The number of rotatable bonds is 4. The Labute approximate surface area is 137 Å². The number of carbonyl (C=O) groups excluding carboxylic acids is 1. The van der Waals surface area contributed by atoms with E-state index in [2.05, 4.69) is 15.3 Å². The van der Waals surface area contributed by atoms with Gasteiger partial charge >= 0.3 is 0 Å². The molecule has 0 atom stereocenters. The maximum Gasteiger partial charge on any atom is 0.261 e. The Morgan fingerprint density at radius 2 is 2.04 bits per heavy atom. The second kappa shape index (κ2) is 6.45. The first kappa shape index (κ1) is 15.0. The predicted octanol–water partition coefficient (Wildman–Crippen LogP) is 2.30. The smallest absolute Gasteiger partial charge is 0.261 e. The van der Waals surface area contributed by atoms with Gasteiger partial charge in [0, 0.05) is 18.4 Å². The summed E-state index contributed by atoms with van der Waals surface area (Å²) in [6.07, 6.45) is 1.59. The summed E-state index contributed by atoms with van der Waals surface area (Å²) in [5, 5.41) is 2.88. The van der Waals surface area contributed by atoms with Crippen LogP contribution in [0.4, 0.5) is 11.6 Å². The van der Waals surface area contributed by atoms with Crippen LogP contribution in [-0.4, -0.2) is 15.9 Å². The zero-order valence-electron chi connectivity index (χ0n) is 12.2. The van der Waals surface area contributed by atoms with E-state index in [0.717, 1.165) is 10.4 Å². The molecule has 0 aliphatic carbocycles. The van der Waals surface area contributed by atoms with Gasteiger partial charge in [0.05, 0.1) is 15.4 Å². The molecule has 0 spiro atoms. The van der Waals surface area contributed by atoms with E-state index in [4.69, 9.17) is 11.5 Å². The number of carbonyl (C=O) groups is 1. The SMILES string of the molecule is Nc1cccc(CNC(=O)c2ccc(-c3ccnc(N)n3)s2)c1. The molecule has 3 rings (SSSR count). The number of amides is 1. The molecule has 7 heteroatoms. The number of nitrogens with one attached hydrogen (secondary N) is 1. The van der Waals surface area contributed by atoms with Gasteiger partial charge in [0.15, 0.2) is 0 Å². The molecule has 0 bridgehead atoms. The summed E-state index contributed by atoms with van der Waals surface area (Å²) < 4.78 is 0. The highest BCUT2D eigenvalue weighted by molar-refractivity contribution is 7.17. The third-order valence-electron chi connectivity index (χ3n) is 3.16. The lowest BCUT2D eigenvalue weighted by atomic mass is 10.2. The highest BCUT2D eigenvalue weighted by atomic mass is 32.1. The number of anilines is 2. The second-order valence-electron chi connectivity index (χ2n) is 4.89. The van der Waals surface area contributed by atoms with Crippen LogP contribution in [0.25, 0.3) is 10.6 Å². The zero-order chi connectivity index (χ0) is 16.2. The van der Waals surface area contributed by atoms with E-state index in [9.17, 15) is 4.79 Å². The Morgan fingerprint density at radius 1 is 1.17 bits per heavy atom. The lowest BCUT2D eigenvalue weighted by Crippen LogP contribution is -2.21. The highest BCUT2D eigenvalue weighted by Gasteiger charge is 2.11. The average molecular weight is 325 g/mol. The molecule has 0 aliphatic rings. The molecule has 0 unspecified atom stereocenters. The van der Waals surface area contributed by atoms with E-state index in [1.54, 1.807) is 18.3 Å². The topological polar surface area (TPSA) is 107 Å². The minimum absolute atomic E-state index is 0.134. The number of benzene rings is 1. The maximum absolute atomic E-state index is 12.2. The van der Waals surface area contributed by atoms with Gasteiger partial charge in [0.1, 0.15) is 0 Å². The van der Waals surface area contributed by atoms with E-state index in [-0.39, 0.29) is 11.9 Å². The van der Waals surface area contributed by atoms with Crippen LogP contribution < -0.4 is 16.8 Å². The summed E-state index contributed by atoms with van der Waals surface area (Å²) in [7, 11) is 0. The normalized spacial score (nSPS) is 10.4. The van der Waals surface area contributed by atoms with Crippen molar-refractivity contribution in [3.05, 3.63) is 59.1 Å². The predicted molar refractivity (Wildman–Crippen MR) is 91.8 cm³/mol. The first-order valence-corrected chi connectivity index (χ1v) is 7.75. The second-order valence-corrected chi connectivity index (χ2v) is 5.98. The fraction of sp³-hybridized carbons (Fsp3) is 0.0625. The fourth-order valence-corrected chi connectivity index (χ4v) is 2.97. The van der Waals surface area contributed by atoms with Gasteiger partial charge in [0.2, 0.25) is 5.95 Å². The molecule has 0 radical (unpaired) electrons. The molecule has 2 aromatic heterocycles. The summed E-state index contributed by atoms with van der Waals surface area (Å²) in [6, 6.07) is 12.8. The number of nitrogens with zero attached hydrogens (tertiary/aromatic N) is 2. The quantitative estimate of drug-likeness (QED) is 0.638. The van der Waals surface area contributed by atoms with Crippen molar-refractivity contribution in [3.8, 4) is 10.6 Å². The Morgan fingerprint density at radius 3 is 2.83 bits per heavy atom. The van der Waals surface area contributed by atoms with Crippen molar-refractivity contribution in [2.24, 2.45) is 0 Å². The zero-order valence-corrected chi connectivity index (χ0v) is 13.0. The van der Waals surface area contributed by atoms with Crippen LogP contribution >= 0.6 is 11.3 Å². The van der Waals surface area contributed by atoms with Crippen molar-refractivity contribution in [1.29, 1.82) is 0 Å². The molecule has 0 saturated heterocycles. The third kappa shape index (κ3) is 3.64. The lowest BCUT2D eigenvalue weighted by molar-refractivity contribution is 0.0955. The van der Waals surface area contributed by atoms with Gasteiger partial charge in [-0.2, -0.15) is 0 Å². The number of hydrogen-bond donors (Lipinski definition) is 3. The Kier molecular flexibility index (Phi) is 4.20. The molecule has 2 heterocycles. The highest BCUT2D eigenvalue weighted by Crippen LogP contribution is 2.26. The Hall–Kier alpha value is -2.93. The van der Waals surface area contributed by atoms with Crippen molar-refractivity contribution in [2.75, 3.05) is 11.5 Å². The molecule has 6 nitrogen and oxygen atoms in total. The van der Waals surface area contributed by atoms with Crippen LogP contribution in [0, 0.1) is 0 Å². The van der Waals surface area contributed by atoms with Gasteiger partial charge in [-0.1, -0.05) is 12.1 Å². The van der Waals surface area contributed by atoms with E-state index in [0.29, 0.717) is 22.8 Å². The number of thiophene rings is 1. The Bertz CT molecular complexity index is 846. The maximum atomic E-state index is 12.2. The number of nitrogens with two attached hydrogens (primary N) is 2. The van der Waals surface area contributed by atoms with Gasteiger partial charge in [-0.3, -0.25) is 4.79 Å². The molecule has 0 fully saturated rings. The minimum Gasteiger partial charge on any atom is -0.399 e. The molecule has 23 heavy (non-hydrogen) atoms. The first-order chi connectivity index (χ1) is 11.1. The molecule has 1 aromatic carbocycles. The molecule has 0 aliphatic heterocycles. The third-order valence-corrected chi connectivity index (χ3v) is 4.27. The summed E-state index contributed by atoms with van der Waals surface area (Å²) in [5.41, 5.74) is 13.6. The van der Waals surface area contributed by atoms with Gasteiger partial charge < -0.3 is 16.8 Å². The number of hydrogen-bond acceptors (Lipinski definition) is 6. The van der Waals surface area contributed by atoms with Crippen LogP contribution in [0.15, 0.2) is 48.7 Å². The van der Waals surface area contributed by atoms with Crippen LogP contribution in [0.5, 0.6) is 0 Å². The van der Waals surface area contributed by atoms with Gasteiger partial charge in [-0.25, -0.2) is 9.97 Å². The van der Waals surface area contributed by atoms with Crippen molar-refractivity contribution < 1.29 is 4.79 Å². The van der Waals surface area contributed by atoms with E-state index in [1.807, 2.05) is 30.3 Å². The van der Waals surface area contributed by atoms with E-state index >= 15 is 0 Å². The lowest BCUT2D eigenvalue weighted by Gasteiger charge is -2.04. The number of aromatic nitrogens is 2. The standard InChI is InChI=1S/C16H15N5OS/c17-11-3-1-2-10(8-11)9-20-15(22)14-5-4-13(23-14)12-6-7-19-16(18)21-12/h1-8H,9,17H2,(H,20,22)(H2,18,19,21). The average Bonchev–Trinajstić information content (AvgIpc) is 3.03. The van der Waals surface area contributed by atoms with Gasteiger partial charge in [0.25, 0.3) is 5.91 Å². The van der Waals surface area contributed by atoms with Crippen molar-refractivity contribution in [3.63, 3.8) is 0 Å².